The van der Waals surface area contributed by atoms with E-state index in [9.17, 15) is 9.59 Å². The Kier molecular flexibility index (Phi) is 4.53. The zero-order valence-corrected chi connectivity index (χ0v) is 14.7. The summed E-state index contributed by atoms with van der Waals surface area (Å²) in [5.74, 6) is 0.157. The van der Waals surface area contributed by atoms with Crippen molar-refractivity contribution in [2.45, 2.75) is 39.3 Å². The molecule has 3 rings (SSSR count). The molecule has 0 saturated carbocycles. The maximum absolute atomic E-state index is 12.3. The molecule has 0 aliphatic heterocycles. The predicted octanol–water partition coefficient (Wildman–Crippen LogP) is 2.79. The standard InChI is InChI=1S/C17H20N4O2S/c1-10(2)16-19-13(9-24-16)11(3)18-15(22)8-21-14-7-5-4-6-12(14)20-17(21)23/h4-7,9-11H,8H2,1-3H3,(H,18,22)(H,20,23)/t11-/m1/s1. The summed E-state index contributed by atoms with van der Waals surface area (Å²) in [6.07, 6.45) is 0. The van der Waals surface area contributed by atoms with Crippen LogP contribution < -0.4 is 11.0 Å². The van der Waals surface area contributed by atoms with Gasteiger partial charge in [0.25, 0.3) is 0 Å². The molecular formula is C17H20N4O2S. The SMILES string of the molecule is CC(C)c1nc([C@@H](C)NC(=O)Cn2c(=O)[nH]c3ccccc32)cs1. The fraction of sp³-hybridized carbons (Fsp3) is 0.353. The lowest BCUT2D eigenvalue weighted by Gasteiger charge is -2.12. The van der Waals surface area contributed by atoms with Crippen molar-refractivity contribution < 1.29 is 4.79 Å². The Balaban J connectivity index is 1.72. The van der Waals surface area contributed by atoms with Gasteiger partial charge in [-0.3, -0.25) is 9.36 Å². The molecule has 24 heavy (non-hydrogen) atoms. The first-order valence-corrected chi connectivity index (χ1v) is 8.76. The Hall–Kier alpha value is -2.41. The summed E-state index contributed by atoms with van der Waals surface area (Å²) in [7, 11) is 0. The summed E-state index contributed by atoms with van der Waals surface area (Å²) in [6.45, 7) is 6.06. The van der Waals surface area contributed by atoms with Gasteiger partial charge in [-0.1, -0.05) is 26.0 Å². The molecule has 1 amide bonds. The van der Waals surface area contributed by atoms with Crippen molar-refractivity contribution in [3.8, 4) is 0 Å². The smallest absolute Gasteiger partial charge is 0.326 e. The minimum atomic E-state index is -0.283. The van der Waals surface area contributed by atoms with Crippen LogP contribution in [0.1, 0.15) is 43.4 Å². The number of nitrogens with zero attached hydrogens (tertiary/aromatic N) is 2. The molecule has 0 fully saturated rings. The Bertz CT molecular complexity index is 922. The van der Waals surface area contributed by atoms with Crippen molar-refractivity contribution in [2.24, 2.45) is 0 Å². The Morgan fingerprint density at radius 1 is 1.33 bits per heavy atom. The third-order valence-corrected chi connectivity index (χ3v) is 5.00. The fourth-order valence-corrected chi connectivity index (χ4v) is 3.46. The van der Waals surface area contributed by atoms with Crippen molar-refractivity contribution in [1.82, 2.24) is 19.9 Å². The highest BCUT2D eigenvalue weighted by Gasteiger charge is 2.16. The van der Waals surface area contributed by atoms with Crippen LogP contribution >= 0.6 is 11.3 Å². The number of para-hydroxylation sites is 2. The van der Waals surface area contributed by atoms with Gasteiger partial charge >= 0.3 is 5.69 Å². The number of hydrogen-bond donors (Lipinski definition) is 2. The molecule has 6 nitrogen and oxygen atoms in total. The molecule has 0 saturated heterocycles. The summed E-state index contributed by atoms with van der Waals surface area (Å²) in [4.78, 5) is 31.7. The molecular weight excluding hydrogens is 324 g/mol. The van der Waals surface area contributed by atoms with E-state index < -0.39 is 0 Å². The fourth-order valence-electron chi connectivity index (χ4n) is 2.53. The van der Waals surface area contributed by atoms with E-state index in [0.717, 1.165) is 21.7 Å². The highest BCUT2D eigenvalue weighted by atomic mass is 32.1. The lowest BCUT2D eigenvalue weighted by molar-refractivity contribution is -0.122. The van der Waals surface area contributed by atoms with E-state index in [1.54, 1.807) is 11.3 Å². The number of amides is 1. The van der Waals surface area contributed by atoms with Crippen molar-refractivity contribution in [3.63, 3.8) is 0 Å². The van der Waals surface area contributed by atoms with Gasteiger partial charge in [0.15, 0.2) is 0 Å². The normalized spacial score (nSPS) is 12.7. The van der Waals surface area contributed by atoms with Crippen LogP contribution in [0.3, 0.4) is 0 Å². The summed E-state index contributed by atoms with van der Waals surface area (Å²) in [5, 5.41) is 5.94. The van der Waals surface area contributed by atoms with Gasteiger partial charge in [-0.2, -0.15) is 0 Å². The molecule has 2 N–H and O–H groups in total. The second-order valence-electron chi connectivity index (χ2n) is 6.09. The molecule has 0 spiro atoms. The third kappa shape index (κ3) is 3.26. The summed E-state index contributed by atoms with van der Waals surface area (Å²) in [6, 6.07) is 7.13. The van der Waals surface area contributed by atoms with Gasteiger partial charge < -0.3 is 10.3 Å². The first-order chi connectivity index (χ1) is 11.5. The number of carbonyl (C=O) groups excluding carboxylic acids is 1. The molecule has 7 heteroatoms. The number of carbonyl (C=O) groups is 1. The molecule has 0 aliphatic rings. The summed E-state index contributed by atoms with van der Waals surface area (Å²) in [5.41, 5.74) is 2.02. The van der Waals surface area contributed by atoms with E-state index in [4.69, 9.17) is 0 Å². The summed E-state index contributed by atoms with van der Waals surface area (Å²) < 4.78 is 1.44. The van der Waals surface area contributed by atoms with E-state index in [1.165, 1.54) is 4.57 Å². The quantitative estimate of drug-likeness (QED) is 0.747. The number of rotatable bonds is 5. The number of fused-ring (bicyclic) bond motifs is 1. The van der Waals surface area contributed by atoms with Crippen LogP contribution in [0.2, 0.25) is 0 Å². The highest BCUT2D eigenvalue weighted by Crippen LogP contribution is 2.22. The molecule has 0 radical (unpaired) electrons. The Morgan fingerprint density at radius 2 is 2.08 bits per heavy atom. The maximum atomic E-state index is 12.3. The third-order valence-electron chi connectivity index (χ3n) is 3.84. The van der Waals surface area contributed by atoms with E-state index in [1.807, 2.05) is 36.6 Å². The van der Waals surface area contributed by atoms with Gasteiger partial charge in [-0.15, -0.1) is 11.3 Å². The highest BCUT2D eigenvalue weighted by molar-refractivity contribution is 7.09. The number of aromatic amines is 1. The van der Waals surface area contributed by atoms with Crippen LogP contribution in [0.15, 0.2) is 34.4 Å². The molecule has 3 aromatic rings. The van der Waals surface area contributed by atoms with Gasteiger partial charge in [-0.25, -0.2) is 9.78 Å². The van der Waals surface area contributed by atoms with Crippen LogP contribution in [0.25, 0.3) is 11.0 Å². The number of imidazole rings is 1. The molecule has 1 aromatic carbocycles. The molecule has 0 unspecified atom stereocenters. The molecule has 0 aliphatic carbocycles. The number of thiazole rings is 1. The zero-order chi connectivity index (χ0) is 17.3. The predicted molar refractivity (Wildman–Crippen MR) is 95.3 cm³/mol. The molecule has 2 heterocycles. The molecule has 1 atom stereocenters. The minimum absolute atomic E-state index is 0.0195. The monoisotopic (exact) mass is 344 g/mol. The lowest BCUT2D eigenvalue weighted by atomic mass is 10.2. The van der Waals surface area contributed by atoms with Crippen LogP contribution in [0.5, 0.6) is 0 Å². The van der Waals surface area contributed by atoms with E-state index >= 15 is 0 Å². The molecule has 0 bridgehead atoms. The first-order valence-electron chi connectivity index (χ1n) is 7.88. The Labute approximate surface area is 143 Å². The minimum Gasteiger partial charge on any atom is -0.346 e. The van der Waals surface area contributed by atoms with Gasteiger partial charge in [0, 0.05) is 11.3 Å². The van der Waals surface area contributed by atoms with Crippen molar-refractivity contribution in [3.05, 3.63) is 50.8 Å². The van der Waals surface area contributed by atoms with Gasteiger partial charge in [0.05, 0.1) is 27.8 Å². The van der Waals surface area contributed by atoms with Crippen LogP contribution in [-0.2, 0) is 11.3 Å². The van der Waals surface area contributed by atoms with Crippen molar-refractivity contribution in [1.29, 1.82) is 0 Å². The van der Waals surface area contributed by atoms with Crippen molar-refractivity contribution >= 4 is 28.3 Å². The average Bonchev–Trinajstić information content (AvgIpc) is 3.13. The number of hydrogen-bond acceptors (Lipinski definition) is 4. The second kappa shape index (κ2) is 6.60. The topological polar surface area (TPSA) is 79.8 Å². The number of benzene rings is 1. The Morgan fingerprint density at radius 3 is 2.79 bits per heavy atom. The van der Waals surface area contributed by atoms with Gasteiger partial charge in [0.2, 0.25) is 5.91 Å². The lowest BCUT2D eigenvalue weighted by Crippen LogP contribution is -2.33. The van der Waals surface area contributed by atoms with Gasteiger partial charge in [0.1, 0.15) is 6.54 Å². The largest absolute Gasteiger partial charge is 0.346 e. The summed E-state index contributed by atoms with van der Waals surface area (Å²) >= 11 is 1.60. The van der Waals surface area contributed by atoms with Crippen LogP contribution in [-0.4, -0.2) is 20.4 Å². The van der Waals surface area contributed by atoms with E-state index in [2.05, 4.69) is 29.1 Å². The van der Waals surface area contributed by atoms with E-state index in [0.29, 0.717) is 5.92 Å². The van der Waals surface area contributed by atoms with E-state index in [-0.39, 0.29) is 24.2 Å². The number of nitrogens with one attached hydrogen (secondary N) is 2. The van der Waals surface area contributed by atoms with Gasteiger partial charge in [-0.05, 0) is 19.1 Å². The number of H-pyrrole nitrogens is 1. The zero-order valence-electron chi connectivity index (χ0n) is 13.9. The number of aromatic nitrogens is 3. The van der Waals surface area contributed by atoms with Crippen LogP contribution in [0, 0.1) is 0 Å². The second-order valence-corrected chi connectivity index (χ2v) is 6.98. The molecule has 2 aromatic heterocycles. The van der Waals surface area contributed by atoms with Crippen LogP contribution in [0.4, 0.5) is 0 Å². The maximum Gasteiger partial charge on any atom is 0.326 e. The van der Waals surface area contributed by atoms with Crippen molar-refractivity contribution in [2.75, 3.05) is 0 Å². The molecule has 126 valence electrons. The average molecular weight is 344 g/mol. The first kappa shape index (κ1) is 16.4.